The highest BCUT2D eigenvalue weighted by atomic mass is 16.5. The molecule has 0 aliphatic rings. The Labute approximate surface area is 116 Å². The van der Waals surface area contributed by atoms with Gasteiger partial charge in [0, 0.05) is 6.54 Å². The van der Waals surface area contributed by atoms with Crippen LogP contribution < -0.4 is 5.32 Å². The van der Waals surface area contributed by atoms with Crippen LogP contribution in [0.4, 0.5) is 5.82 Å². The number of ether oxygens (including phenoxy) is 1. The van der Waals surface area contributed by atoms with Crippen LogP contribution in [0.1, 0.15) is 21.6 Å². The minimum atomic E-state index is -0.522. The van der Waals surface area contributed by atoms with Gasteiger partial charge in [-0.2, -0.15) is 5.26 Å². The Balaban J connectivity index is 2.00. The van der Waals surface area contributed by atoms with E-state index < -0.39 is 5.97 Å². The second kappa shape index (κ2) is 6.29. The third-order valence-corrected chi connectivity index (χ3v) is 2.59. The van der Waals surface area contributed by atoms with Gasteiger partial charge in [-0.3, -0.25) is 0 Å². The summed E-state index contributed by atoms with van der Waals surface area (Å²) in [5.41, 5.74) is 1.73. The lowest BCUT2D eigenvalue weighted by atomic mass is 10.1. The lowest BCUT2D eigenvalue weighted by Crippen LogP contribution is -2.08. The topological polar surface area (TPSA) is 87.9 Å². The fourth-order valence-electron chi connectivity index (χ4n) is 1.58. The van der Waals surface area contributed by atoms with Gasteiger partial charge in [0.05, 0.1) is 18.7 Å². The van der Waals surface area contributed by atoms with Gasteiger partial charge >= 0.3 is 5.97 Å². The van der Waals surface area contributed by atoms with Gasteiger partial charge in [-0.1, -0.05) is 12.1 Å². The number of methoxy groups -OCH3 is 1. The summed E-state index contributed by atoms with van der Waals surface area (Å²) in [6.45, 7) is 0.516. The Bertz CT molecular complexity index is 647. The van der Waals surface area contributed by atoms with Crippen molar-refractivity contribution in [3.63, 3.8) is 0 Å². The molecular formula is C14H12N4O2. The molecule has 0 radical (unpaired) electrons. The third kappa shape index (κ3) is 3.29. The van der Waals surface area contributed by atoms with E-state index in [4.69, 9.17) is 5.26 Å². The number of esters is 1. The molecule has 0 saturated heterocycles. The lowest BCUT2D eigenvalue weighted by Gasteiger charge is -2.05. The molecule has 1 heterocycles. The van der Waals surface area contributed by atoms with Crippen LogP contribution in [0.3, 0.4) is 0 Å². The predicted octanol–water partition coefficient (Wildman–Crippen LogP) is 1.75. The van der Waals surface area contributed by atoms with E-state index in [-0.39, 0.29) is 5.69 Å². The smallest absolute Gasteiger partial charge is 0.358 e. The van der Waals surface area contributed by atoms with E-state index in [0.717, 1.165) is 5.56 Å². The van der Waals surface area contributed by atoms with E-state index in [2.05, 4.69) is 26.3 Å². The van der Waals surface area contributed by atoms with E-state index in [1.807, 2.05) is 12.1 Å². The van der Waals surface area contributed by atoms with E-state index in [1.54, 1.807) is 18.2 Å². The highest BCUT2D eigenvalue weighted by Gasteiger charge is 2.07. The van der Waals surface area contributed by atoms with Gasteiger partial charge in [-0.25, -0.2) is 4.79 Å². The number of hydrogen-bond acceptors (Lipinski definition) is 6. The Hall–Kier alpha value is -2.94. The molecule has 100 valence electrons. The Kier molecular flexibility index (Phi) is 4.24. The quantitative estimate of drug-likeness (QED) is 0.850. The molecule has 1 N–H and O–H groups in total. The van der Waals surface area contributed by atoms with Crippen molar-refractivity contribution in [2.75, 3.05) is 12.4 Å². The molecule has 1 aromatic heterocycles. The van der Waals surface area contributed by atoms with Gasteiger partial charge in [-0.15, -0.1) is 10.2 Å². The average Bonchev–Trinajstić information content (AvgIpc) is 2.53. The van der Waals surface area contributed by atoms with Crippen molar-refractivity contribution in [1.29, 1.82) is 5.26 Å². The van der Waals surface area contributed by atoms with Crippen molar-refractivity contribution in [3.8, 4) is 6.07 Å². The van der Waals surface area contributed by atoms with Gasteiger partial charge in [0.2, 0.25) is 0 Å². The van der Waals surface area contributed by atoms with Crippen LogP contribution in [0.25, 0.3) is 0 Å². The summed E-state index contributed by atoms with van der Waals surface area (Å²) < 4.78 is 4.54. The molecule has 0 atom stereocenters. The SMILES string of the molecule is COC(=O)c1ccc(NCc2cccc(C#N)c2)nn1. The number of hydrogen-bond donors (Lipinski definition) is 1. The highest BCUT2D eigenvalue weighted by molar-refractivity contribution is 5.86. The standard InChI is InChI=1S/C14H12N4O2/c1-20-14(19)12-5-6-13(18-17-12)16-9-11-4-2-3-10(7-11)8-15/h2-7H,9H2,1H3,(H,16,18). The molecule has 0 aliphatic heterocycles. The number of rotatable bonds is 4. The van der Waals surface area contributed by atoms with Crippen molar-refractivity contribution in [3.05, 3.63) is 53.2 Å². The molecule has 20 heavy (non-hydrogen) atoms. The second-order valence-electron chi connectivity index (χ2n) is 3.96. The maximum absolute atomic E-state index is 11.2. The van der Waals surface area contributed by atoms with Gasteiger partial charge in [0.1, 0.15) is 5.82 Å². The first-order valence-corrected chi connectivity index (χ1v) is 5.88. The van der Waals surface area contributed by atoms with E-state index in [0.29, 0.717) is 17.9 Å². The zero-order chi connectivity index (χ0) is 14.4. The molecule has 0 fully saturated rings. The molecule has 6 heteroatoms. The fourth-order valence-corrected chi connectivity index (χ4v) is 1.58. The van der Waals surface area contributed by atoms with Crippen molar-refractivity contribution in [2.24, 2.45) is 0 Å². The molecule has 0 amide bonds. The molecule has 0 unspecified atom stereocenters. The van der Waals surface area contributed by atoms with Crippen LogP contribution in [0.2, 0.25) is 0 Å². The van der Waals surface area contributed by atoms with Crippen LogP contribution in [0.5, 0.6) is 0 Å². The van der Waals surface area contributed by atoms with Gasteiger partial charge in [0.15, 0.2) is 5.69 Å². The zero-order valence-corrected chi connectivity index (χ0v) is 10.8. The van der Waals surface area contributed by atoms with Crippen molar-refractivity contribution >= 4 is 11.8 Å². The molecule has 0 spiro atoms. The van der Waals surface area contributed by atoms with Crippen LogP contribution in [-0.2, 0) is 11.3 Å². The summed E-state index contributed by atoms with van der Waals surface area (Å²) in [6.07, 6.45) is 0. The number of nitrogens with zero attached hydrogens (tertiary/aromatic N) is 3. The van der Waals surface area contributed by atoms with E-state index in [1.165, 1.54) is 13.2 Å². The fraction of sp³-hybridized carbons (Fsp3) is 0.143. The second-order valence-corrected chi connectivity index (χ2v) is 3.96. The lowest BCUT2D eigenvalue weighted by molar-refractivity contribution is 0.0593. The minimum Gasteiger partial charge on any atom is -0.464 e. The summed E-state index contributed by atoms with van der Waals surface area (Å²) in [6, 6.07) is 12.5. The average molecular weight is 268 g/mol. The molecule has 0 bridgehead atoms. The summed E-state index contributed by atoms with van der Waals surface area (Å²) in [7, 11) is 1.29. The van der Waals surface area contributed by atoms with E-state index >= 15 is 0 Å². The molecule has 1 aromatic carbocycles. The Morgan fingerprint density at radius 3 is 2.85 bits per heavy atom. The summed E-state index contributed by atoms with van der Waals surface area (Å²) in [4.78, 5) is 11.2. The van der Waals surface area contributed by atoms with Crippen LogP contribution in [0, 0.1) is 11.3 Å². The summed E-state index contributed by atoms with van der Waals surface area (Å²) in [5.74, 6) is 0.0192. The monoisotopic (exact) mass is 268 g/mol. The number of nitriles is 1. The Morgan fingerprint density at radius 2 is 2.20 bits per heavy atom. The zero-order valence-electron chi connectivity index (χ0n) is 10.8. The highest BCUT2D eigenvalue weighted by Crippen LogP contribution is 2.08. The Morgan fingerprint density at radius 1 is 1.35 bits per heavy atom. The predicted molar refractivity (Wildman–Crippen MR) is 71.9 cm³/mol. The van der Waals surface area contributed by atoms with Crippen LogP contribution in [0.15, 0.2) is 36.4 Å². The van der Waals surface area contributed by atoms with Crippen molar-refractivity contribution in [1.82, 2.24) is 10.2 Å². The molecule has 0 aliphatic carbocycles. The summed E-state index contributed by atoms with van der Waals surface area (Å²) in [5, 5.41) is 19.5. The number of aromatic nitrogens is 2. The maximum atomic E-state index is 11.2. The maximum Gasteiger partial charge on any atom is 0.358 e. The number of benzene rings is 1. The van der Waals surface area contributed by atoms with Crippen molar-refractivity contribution in [2.45, 2.75) is 6.54 Å². The van der Waals surface area contributed by atoms with Gasteiger partial charge in [0.25, 0.3) is 0 Å². The molecule has 6 nitrogen and oxygen atoms in total. The van der Waals surface area contributed by atoms with Crippen LogP contribution >= 0.6 is 0 Å². The van der Waals surface area contributed by atoms with Crippen LogP contribution in [-0.4, -0.2) is 23.3 Å². The van der Waals surface area contributed by atoms with Crippen molar-refractivity contribution < 1.29 is 9.53 Å². The first-order valence-electron chi connectivity index (χ1n) is 5.88. The number of carbonyl (C=O) groups excluding carboxylic acids is 1. The summed E-state index contributed by atoms with van der Waals surface area (Å²) >= 11 is 0. The minimum absolute atomic E-state index is 0.157. The normalized spacial score (nSPS) is 9.60. The molecular weight excluding hydrogens is 256 g/mol. The molecule has 2 rings (SSSR count). The first kappa shape index (κ1) is 13.5. The molecule has 2 aromatic rings. The number of anilines is 1. The molecule has 0 saturated carbocycles. The number of carbonyl (C=O) groups is 1. The first-order chi connectivity index (χ1) is 9.72. The third-order valence-electron chi connectivity index (χ3n) is 2.59. The van der Waals surface area contributed by atoms with E-state index in [9.17, 15) is 4.79 Å². The van der Waals surface area contributed by atoms with Gasteiger partial charge < -0.3 is 10.1 Å². The number of nitrogens with one attached hydrogen (secondary N) is 1. The largest absolute Gasteiger partial charge is 0.464 e. The van der Waals surface area contributed by atoms with Gasteiger partial charge in [-0.05, 0) is 29.8 Å².